The van der Waals surface area contributed by atoms with Crippen LogP contribution in [0, 0.1) is 12.3 Å². The number of piperazine rings is 1. The number of anilines is 1. The number of amides is 5. The third kappa shape index (κ3) is 15.8. The van der Waals surface area contributed by atoms with Crippen LogP contribution >= 0.6 is 22.9 Å². The van der Waals surface area contributed by atoms with Gasteiger partial charge in [-0.25, -0.2) is 15.0 Å². The predicted molar refractivity (Wildman–Crippen MR) is 297 cm³/mol. The second-order valence-electron chi connectivity index (χ2n) is 21.9. The number of hydrogen-bond acceptors (Lipinski definition) is 13. The minimum Gasteiger partial charge on any atom is -0.391 e. The first-order valence-corrected chi connectivity index (χ1v) is 28.6. The number of halogens is 1. The molecule has 2 fully saturated rings. The highest BCUT2D eigenvalue weighted by Crippen LogP contribution is 2.43. The summed E-state index contributed by atoms with van der Waals surface area (Å²) >= 11 is 7.79. The first kappa shape index (κ1) is 58.2. The molecule has 0 radical (unpaired) electrons. The molecule has 17 nitrogen and oxygen atoms in total. The molecule has 19 heteroatoms. The molecule has 0 saturated carbocycles. The zero-order valence-corrected chi connectivity index (χ0v) is 46.6. The zero-order valence-electron chi connectivity index (χ0n) is 45.0. The SMILES string of the molecule is Cc1ncsc1-c1ccc(CNC(=O)C2CC(O)CN2C(=O)C(NC(=O)CCCCCCCCCCNC(=O)CCNCC(C(=O)N2CCN(c3ncnc4c3C(C)CC4O)CC2)c2ccc(Cl)cc2)C(C)(C)C)cc1. The minimum absolute atomic E-state index is 0.0232. The molecule has 3 aliphatic rings. The van der Waals surface area contributed by atoms with Gasteiger partial charge in [0.05, 0.1) is 39.9 Å². The molecular formula is C57H79ClN10O7S. The molecule has 6 N–H and O–H groups in total. The van der Waals surface area contributed by atoms with Crippen molar-refractivity contribution in [3.05, 3.63) is 93.5 Å². The molecule has 6 unspecified atom stereocenters. The van der Waals surface area contributed by atoms with Crippen LogP contribution < -0.4 is 26.2 Å². The number of nitrogens with zero attached hydrogens (tertiary/aromatic N) is 6. The smallest absolute Gasteiger partial charge is 0.246 e. The van der Waals surface area contributed by atoms with Gasteiger partial charge in [-0.15, -0.1) is 11.3 Å². The standard InChI is InChI=1S/C57H79ClN10O7S/c1-37-30-46(70)50-49(37)53(63-35-62-50)66-26-28-67(29-27-66)55(74)44(40-19-21-42(58)22-20-40)33-59-25-23-47(71)60-24-13-11-9-7-6-8-10-12-14-48(72)65-52(57(3,4)5)56(75)68-34-43(69)31-45(68)54(73)61-32-39-15-17-41(18-16-39)51-38(2)64-36-76-51/h15-22,35-37,43-46,52,59,69-70H,6-14,23-34H2,1-5H3,(H,60,71)(H,61,73)(H,65,72). The first-order valence-electron chi connectivity index (χ1n) is 27.3. The minimum atomic E-state index is -0.861. The van der Waals surface area contributed by atoms with E-state index in [1.807, 2.05) is 74.5 Å². The van der Waals surface area contributed by atoms with Gasteiger partial charge in [-0.2, -0.15) is 0 Å². The monoisotopic (exact) mass is 1080 g/mol. The molecule has 76 heavy (non-hydrogen) atoms. The number of nitrogens with one attached hydrogen (secondary N) is 4. The number of aliphatic hydroxyl groups is 2. The van der Waals surface area contributed by atoms with E-state index in [4.69, 9.17) is 11.6 Å². The molecule has 2 aromatic heterocycles. The molecule has 4 heterocycles. The Labute approximate surface area is 457 Å². The highest BCUT2D eigenvalue weighted by molar-refractivity contribution is 7.13. The van der Waals surface area contributed by atoms with Crippen LogP contribution in [0.5, 0.6) is 0 Å². The maximum atomic E-state index is 14.0. The summed E-state index contributed by atoms with van der Waals surface area (Å²) in [6, 6.07) is 13.6. The number of aromatic nitrogens is 3. The number of aryl methyl sites for hydroxylation is 1. The van der Waals surface area contributed by atoms with Gasteiger partial charge in [0.1, 0.15) is 24.2 Å². The van der Waals surface area contributed by atoms with Crippen LogP contribution in [0.3, 0.4) is 0 Å². The number of thiazole rings is 1. The highest BCUT2D eigenvalue weighted by Gasteiger charge is 2.44. The van der Waals surface area contributed by atoms with Gasteiger partial charge in [-0.3, -0.25) is 24.0 Å². The largest absolute Gasteiger partial charge is 0.391 e. The average Bonchev–Trinajstić information content (AvgIpc) is 4.12. The lowest BCUT2D eigenvalue weighted by molar-refractivity contribution is -0.144. The van der Waals surface area contributed by atoms with Crippen molar-refractivity contribution < 1.29 is 34.2 Å². The lowest BCUT2D eigenvalue weighted by atomic mass is 9.85. The third-order valence-electron chi connectivity index (χ3n) is 15.0. The van der Waals surface area contributed by atoms with Crippen LogP contribution in [-0.2, 0) is 30.5 Å². The third-order valence-corrected chi connectivity index (χ3v) is 16.2. The van der Waals surface area contributed by atoms with Crippen molar-refractivity contribution in [2.24, 2.45) is 5.41 Å². The Balaban J connectivity index is 0.734. The topological polar surface area (TPSA) is 222 Å². The maximum absolute atomic E-state index is 14.0. The molecule has 2 aromatic carbocycles. The summed E-state index contributed by atoms with van der Waals surface area (Å²) in [5.41, 5.74) is 6.71. The average molecular weight is 1080 g/mol. The van der Waals surface area contributed by atoms with E-state index in [1.165, 1.54) is 11.2 Å². The van der Waals surface area contributed by atoms with Crippen LogP contribution in [0.2, 0.25) is 5.02 Å². The fraction of sp³-hybridized carbons (Fsp3) is 0.579. The van der Waals surface area contributed by atoms with E-state index in [9.17, 15) is 34.2 Å². The fourth-order valence-corrected chi connectivity index (χ4v) is 11.5. The quantitative estimate of drug-likeness (QED) is 0.0371. The lowest BCUT2D eigenvalue weighted by Gasteiger charge is -2.38. The Kier molecular flexibility index (Phi) is 21.2. The van der Waals surface area contributed by atoms with Gasteiger partial charge < -0.3 is 46.2 Å². The van der Waals surface area contributed by atoms with Gasteiger partial charge in [0.2, 0.25) is 29.5 Å². The second kappa shape index (κ2) is 27.7. The van der Waals surface area contributed by atoms with Crippen LogP contribution in [0.1, 0.15) is 151 Å². The Morgan fingerprint density at radius 1 is 0.789 bits per heavy atom. The number of benzene rings is 2. The summed E-state index contributed by atoms with van der Waals surface area (Å²) in [7, 11) is 0. The number of aliphatic hydroxyl groups excluding tert-OH is 2. The van der Waals surface area contributed by atoms with Crippen LogP contribution in [0.4, 0.5) is 5.82 Å². The van der Waals surface area contributed by atoms with E-state index in [2.05, 4.69) is 48.0 Å². The molecule has 7 rings (SSSR count). The molecule has 2 saturated heterocycles. The van der Waals surface area contributed by atoms with Crippen molar-refractivity contribution in [3.8, 4) is 10.4 Å². The van der Waals surface area contributed by atoms with E-state index in [0.717, 1.165) is 83.6 Å². The number of hydrogen-bond donors (Lipinski definition) is 6. The summed E-state index contributed by atoms with van der Waals surface area (Å²) in [5, 5.41) is 34.0. The summed E-state index contributed by atoms with van der Waals surface area (Å²) in [5.74, 6) is -0.351. The summed E-state index contributed by atoms with van der Waals surface area (Å²) < 4.78 is 0. The Morgan fingerprint density at radius 2 is 1.47 bits per heavy atom. The second-order valence-corrected chi connectivity index (χ2v) is 23.2. The lowest BCUT2D eigenvalue weighted by Crippen LogP contribution is -2.57. The number of rotatable bonds is 25. The highest BCUT2D eigenvalue weighted by atomic mass is 35.5. The maximum Gasteiger partial charge on any atom is 0.246 e. The fourth-order valence-electron chi connectivity index (χ4n) is 10.6. The Hall–Kier alpha value is -5.53. The van der Waals surface area contributed by atoms with E-state index in [1.54, 1.807) is 23.5 Å². The van der Waals surface area contributed by atoms with Gasteiger partial charge >= 0.3 is 0 Å². The van der Waals surface area contributed by atoms with Crippen molar-refractivity contribution in [1.82, 2.24) is 46.0 Å². The van der Waals surface area contributed by atoms with Crippen molar-refractivity contribution >= 4 is 58.3 Å². The van der Waals surface area contributed by atoms with Gasteiger partial charge in [0, 0.05) is 88.8 Å². The molecule has 4 aromatic rings. The first-order chi connectivity index (χ1) is 36.5. The molecule has 6 atom stereocenters. The van der Waals surface area contributed by atoms with E-state index in [0.29, 0.717) is 82.2 Å². The van der Waals surface area contributed by atoms with E-state index < -0.39 is 35.6 Å². The number of carbonyl (C=O) groups is 5. The van der Waals surface area contributed by atoms with Gasteiger partial charge in [-0.1, -0.05) is 114 Å². The summed E-state index contributed by atoms with van der Waals surface area (Å²) in [6.07, 6.45) is 9.11. The van der Waals surface area contributed by atoms with Gasteiger partial charge in [0.15, 0.2) is 0 Å². The number of likely N-dealkylation sites (tertiary alicyclic amines) is 1. The van der Waals surface area contributed by atoms with Crippen LogP contribution in [0.15, 0.2) is 60.4 Å². The molecule has 412 valence electrons. The molecule has 0 bridgehead atoms. The summed E-state index contributed by atoms with van der Waals surface area (Å²) in [4.78, 5) is 87.4. The number of carbonyl (C=O) groups excluding carboxylic acids is 5. The molecule has 5 amide bonds. The predicted octanol–water partition coefficient (Wildman–Crippen LogP) is 6.95. The zero-order chi connectivity index (χ0) is 54.4. The normalized spacial score (nSPS) is 19.3. The number of unbranched alkanes of at least 4 members (excludes halogenated alkanes) is 7. The van der Waals surface area contributed by atoms with Crippen molar-refractivity contribution in [1.29, 1.82) is 0 Å². The molecular weight excluding hydrogens is 1000 g/mol. The van der Waals surface area contributed by atoms with E-state index in [-0.39, 0.29) is 55.0 Å². The van der Waals surface area contributed by atoms with Crippen LogP contribution in [-0.4, -0.2) is 135 Å². The Bertz CT molecular complexity index is 2570. The summed E-state index contributed by atoms with van der Waals surface area (Å²) in [6.45, 7) is 13.8. The van der Waals surface area contributed by atoms with E-state index >= 15 is 0 Å². The Morgan fingerprint density at radius 3 is 2.14 bits per heavy atom. The van der Waals surface area contributed by atoms with Crippen molar-refractivity contribution in [2.45, 2.75) is 154 Å². The van der Waals surface area contributed by atoms with Crippen molar-refractivity contribution in [2.75, 3.05) is 57.3 Å². The molecule has 0 spiro atoms. The number of fused-ring (bicyclic) bond motifs is 1. The number of β-amino-alcohol motifs (C(OH)–C–C–N with tert-alkyl or cyclic N) is 1. The van der Waals surface area contributed by atoms with Gasteiger partial charge in [-0.05, 0) is 66.3 Å². The van der Waals surface area contributed by atoms with Crippen molar-refractivity contribution in [3.63, 3.8) is 0 Å². The van der Waals surface area contributed by atoms with Gasteiger partial charge in [0.25, 0.3) is 0 Å². The molecule has 2 aliphatic heterocycles. The van der Waals surface area contributed by atoms with Crippen LogP contribution in [0.25, 0.3) is 10.4 Å². The molecule has 1 aliphatic carbocycles.